The van der Waals surface area contributed by atoms with Gasteiger partial charge in [0.15, 0.2) is 0 Å². The van der Waals surface area contributed by atoms with Gasteiger partial charge in [-0.2, -0.15) is 0 Å². The maximum atomic E-state index is 6.21. The van der Waals surface area contributed by atoms with E-state index < -0.39 is 0 Å². The number of hydrogen-bond donors (Lipinski definition) is 1. The first kappa shape index (κ1) is 13.2. The lowest BCUT2D eigenvalue weighted by Gasteiger charge is -2.38. The van der Waals surface area contributed by atoms with Gasteiger partial charge < -0.3 is 19.9 Å². The fraction of sp³-hybridized carbons (Fsp3) is 0.571. The topological polar surface area (TPSA) is 53.7 Å². The first-order valence-corrected chi connectivity index (χ1v) is 6.28. The van der Waals surface area contributed by atoms with Crippen molar-refractivity contribution >= 4 is 0 Å². The molecule has 1 aromatic rings. The van der Waals surface area contributed by atoms with Crippen LogP contribution in [0.1, 0.15) is 31.9 Å². The number of fused-ring (bicyclic) bond motifs is 1. The first-order valence-electron chi connectivity index (χ1n) is 6.28. The van der Waals surface area contributed by atoms with Gasteiger partial charge in [0, 0.05) is 30.7 Å². The van der Waals surface area contributed by atoms with Crippen molar-refractivity contribution in [3.05, 3.63) is 23.8 Å². The van der Waals surface area contributed by atoms with Crippen LogP contribution >= 0.6 is 0 Å². The highest BCUT2D eigenvalue weighted by Crippen LogP contribution is 2.40. The molecule has 2 atom stereocenters. The maximum Gasteiger partial charge on any atom is 0.131 e. The summed E-state index contributed by atoms with van der Waals surface area (Å²) in [5.74, 6) is 1.58. The van der Waals surface area contributed by atoms with Gasteiger partial charge in [0.2, 0.25) is 0 Å². The van der Waals surface area contributed by atoms with Crippen molar-refractivity contribution in [1.29, 1.82) is 0 Å². The molecule has 100 valence electrons. The molecule has 0 saturated carbocycles. The molecule has 1 aliphatic heterocycles. The van der Waals surface area contributed by atoms with E-state index in [1.54, 1.807) is 7.11 Å². The summed E-state index contributed by atoms with van der Waals surface area (Å²) in [4.78, 5) is 0. The molecule has 2 unspecified atom stereocenters. The van der Waals surface area contributed by atoms with Crippen molar-refractivity contribution in [1.82, 2.24) is 0 Å². The fourth-order valence-corrected chi connectivity index (χ4v) is 2.32. The summed E-state index contributed by atoms with van der Waals surface area (Å²) in [5, 5.41) is 0. The summed E-state index contributed by atoms with van der Waals surface area (Å²) in [7, 11) is 1.64. The number of hydrogen-bond acceptors (Lipinski definition) is 4. The van der Waals surface area contributed by atoms with E-state index in [0.29, 0.717) is 13.2 Å². The molecular weight excluding hydrogens is 230 g/mol. The van der Waals surface area contributed by atoms with Crippen molar-refractivity contribution < 1.29 is 14.2 Å². The molecule has 1 heterocycles. The Balaban J connectivity index is 2.25. The Morgan fingerprint density at radius 2 is 2.28 bits per heavy atom. The summed E-state index contributed by atoms with van der Waals surface area (Å²) in [6.45, 7) is 5.24. The average Bonchev–Trinajstić information content (AvgIpc) is 2.35. The van der Waals surface area contributed by atoms with Crippen molar-refractivity contribution in [2.75, 3.05) is 20.3 Å². The SMILES string of the molecule is CCOCC1(C)CC(N)c2ccc(OC)cc2O1. The van der Waals surface area contributed by atoms with Gasteiger partial charge in [-0.25, -0.2) is 0 Å². The van der Waals surface area contributed by atoms with Crippen molar-refractivity contribution in [2.45, 2.75) is 31.9 Å². The quantitative estimate of drug-likeness (QED) is 0.892. The van der Waals surface area contributed by atoms with Crippen molar-refractivity contribution in [2.24, 2.45) is 5.73 Å². The van der Waals surface area contributed by atoms with E-state index in [0.717, 1.165) is 23.5 Å². The minimum absolute atomic E-state index is 0.0230. The van der Waals surface area contributed by atoms with E-state index >= 15 is 0 Å². The van der Waals surface area contributed by atoms with Crippen LogP contribution in [0.5, 0.6) is 11.5 Å². The lowest BCUT2D eigenvalue weighted by Crippen LogP contribution is -2.44. The highest BCUT2D eigenvalue weighted by molar-refractivity contribution is 5.44. The number of nitrogens with two attached hydrogens (primary N) is 1. The van der Waals surface area contributed by atoms with Gasteiger partial charge in [-0.05, 0) is 19.9 Å². The van der Waals surface area contributed by atoms with E-state index in [-0.39, 0.29) is 11.6 Å². The zero-order valence-corrected chi connectivity index (χ0v) is 11.2. The third-order valence-corrected chi connectivity index (χ3v) is 3.24. The molecule has 1 aromatic carbocycles. The molecule has 0 saturated heterocycles. The van der Waals surface area contributed by atoms with Gasteiger partial charge in [0.1, 0.15) is 17.1 Å². The Hall–Kier alpha value is -1.26. The third kappa shape index (κ3) is 2.60. The fourth-order valence-electron chi connectivity index (χ4n) is 2.32. The largest absolute Gasteiger partial charge is 0.497 e. The smallest absolute Gasteiger partial charge is 0.131 e. The normalized spacial score (nSPS) is 26.3. The predicted molar refractivity (Wildman–Crippen MR) is 70.1 cm³/mol. The maximum absolute atomic E-state index is 6.21. The van der Waals surface area contributed by atoms with Crippen LogP contribution in [-0.2, 0) is 4.74 Å². The molecule has 0 aromatic heterocycles. The highest BCUT2D eigenvalue weighted by Gasteiger charge is 2.36. The molecule has 0 spiro atoms. The molecule has 4 nitrogen and oxygen atoms in total. The predicted octanol–water partition coefficient (Wildman–Crippen LogP) is 2.27. The lowest BCUT2D eigenvalue weighted by atomic mass is 9.89. The van der Waals surface area contributed by atoms with Crippen LogP contribution in [0.4, 0.5) is 0 Å². The first-order chi connectivity index (χ1) is 8.58. The van der Waals surface area contributed by atoms with E-state index in [9.17, 15) is 0 Å². The lowest BCUT2D eigenvalue weighted by molar-refractivity contribution is -0.0303. The molecule has 0 aliphatic carbocycles. The number of benzene rings is 1. The number of methoxy groups -OCH3 is 1. The van der Waals surface area contributed by atoms with Gasteiger partial charge in [-0.15, -0.1) is 0 Å². The van der Waals surface area contributed by atoms with Crippen LogP contribution in [0.3, 0.4) is 0 Å². The summed E-state index contributed by atoms with van der Waals surface area (Å²) < 4.78 is 16.7. The van der Waals surface area contributed by atoms with Crippen molar-refractivity contribution in [3.8, 4) is 11.5 Å². The van der Waals surface area contributed by atoms with E-state index in [4.69, 9.17) is 19.9 Å². The molecule has 0 radical (unpaired) electrons. The third-order valence-electron chi connectivity index (χ3n) is 3.24. The average molecular weight is 251 g/mol. The van der Waals surface area contributed by atoms with Crippen LogP contribution in [0.15, 0.2) is 18.2 Å². The van der Waals surface area contributed by atoms with E-state index in [1.165, 1.54) is 0 Å². The van der Waals surface area contributed by atoms with Crippen LogP contribution < -0.4 is 15.2 Å². The van der Waals surface area contributed by atoms with Crippen LogP contribution in [0.2, 0.25) is 0 Å². The zero-order valence-electron chi connectivity index (χ0n) is 11.2. The van der Waals surface area contributed by atoms with Crippen LogP contribution in [-0.4, -0.2) is 25.9 Å². The van der Waals surface area contributed by atoms with Crippen LogP contribution in [0.25, 0.3) is 0 Å². The number of rotatable bonds is 4. The molecule has 0 bridgehead atoms. The summed E-state index contributed by atoms with van der Waals surface area (Å²) in [5.41, 5.74) is 6.87. The molecule has 0 amide bonds. The zero-order chi connectivity index (χ0) is 13.2. The number of ether oxygens (including phenoxy) is 3. The molecular formula is C14H21NO3. The van der Waals surface area contributed by atoms with Crippen molar-refractivity contribution in [3.63, 3.8) is 0 Å². The standard InChI is InChI=1S/C14H21NO3/c1-4-17-9-14(2)8-12(15)11-6-5-10(16-3)7-13(11)18-14/h5-7,12H,4,8-9,15H2,1-3H3. The molecule has 18 heavy (non-hydrogen) atoms. The van der Waals surface area contributed by atoms with E-state index in [1.807, 2.05) is 32.0 Å². The Morgan fingerprint density at radius 1 is 1.50 bits per heavy atom. The Morgan fingerprint density at radius 3 is 2.94 bits per heavy atom. The van der Waals surface area contributed by atoms with E-state index in [2.05, 4.69) is 0 Å². The van der Waals surface area contributed by atoms with Gasteiger partial charge in [0.05, 0.1) is 13.7 Å². The second-order valence-electron chi connectivity index (χ2n) is 4.90. The van der Waals surface area contributed by atoms with Gasteiger partial charge in [-0.3, -0.25) is 0 Å². The van der Waals surface area contributed by atoms with Gasteiger partial charge >= 0.3 is 0 Å². The second-order valence-corrected chi connectivity index (χ2v) is 4.90. The Labute approximate surface area is 108 Å². The second kappa shape index (κ2) is 5.16. The van der Waals surface area contributed by atoms with Gasteiger partial charge in [0.25, 0.3) is 0 Å². The highest BCUT2D eigenvalue weighted by atomic mass is 16.5. The molecule has 4 heteroatoms. The Kier molecular flexibility index (Phi) is 3.78. The summed E-state index contributed by atoms with van der Waals surface area (Å²) in [6.07, 6.45) is 0.756. The molecule has 2 rings (SSSR count). The van der Waals surface area contributed by atoms with Gasteiger partial charge in [-0.1, -0.05) is 6.07 Å². The molecule has 2 N–H and O–H groups in total. The summed E-state index contributed by atoms with van der Waals surface area (Å²) in [6, 6.07) is 5.75. The van der Waals surface area contributed by atoms with Crippen LogP contribution in [0, 0.1) is 0 Å². The summed E-state index contributed by atoms with van der Waals surface area (Å²) >= 11 is 0. The minimum Gasteiger partial charge on any atom is -0.497 e. The Bertz CT molecular complexity index is 422. The minimum atomic E-state index is -0.366. The molecule has 1 aliphatic rings. The molecule has 0 fully saturated rings. The monoisotopic (exact) mass is 251 g/mol.